The maximum absolute atomic E-state index is 11.7. The van der Waals surface area contributed by atoms with Gasteiger partial charge in [0.1, 0.15) is 6.26 Å². The number of amides is 1. The second-order valence-electron chi connectivity index (χ2n) is 4.74. The van der Waals surface area contributed by atoms with Crippen LogP contribution < -0.4 is 5.32 Å². The van der Waals surface area contributed by atoms with Crippen LogP contribution in [0.2, 0.25) is 0 Å². The van der Waals surface area contributed by atoms with Crippen LogP contribution >= 0.6 is 0 Å². The molecule has 1 N–H and O–H groups in total. The van der Waals surface area contributed by atoms with Crippen LogP contribution in [0.1, 0.15) is 36.7 Å². The SMILES string of the molecule is CCOC(=O)c1coc(NC(=O)CCOC2CCOCC2)n1. The molecule has 22 heavy (non-hydrogen) atoms. The minimum Gasteiger partial charge on any atom is -0.461 e. The van der Waals surface area contributed by atoms with Gasteiger partial charge in [0.25, 0.3) is 0 Å². The number of hydrogen-bond acceptors (Lipinski definition) is 7. The van der Waals surface area contributed by atoms with Crippen molar-refractivity contribution in [3.63, 3.8) is 0 Å². The van der Waals surface area contributed by atoms with E-state index in [0.717, 1.165) is 19.1 Å². The highest BCUT2D eigenvalue weighted by Gasteiger charge is 2.16. The number of anilines is 1. The third kappa shape index (κ3) is 5.12. The molecule has 0 spiro atoms. The fraction of sp³-hybridized carbons (Fsp3) is 0.643. The van der Waals surface area contributed by atoms with Crippen LogP contribution in [0.15, 0.2) is 10.7 Å². The number of nitrogens with zero attached hydrogens (tertiary/aromatic N) is 1. The lowest BCUT2D eigenvalue weighted by atomic mass is 10.1. The lowest BCUT2D eigenvalue weighted by Crippen LogP contribution is -2.25. The molecular weight excluding hydrogens is 292 g/mol. The van der Waals surface area contributed by atoms with Gasteiger partial charge in [0.15, 0.2) is 5.69 Å². The molecule has 122 valence electrons. The van der Waals surface area contributed by atoms with E-state index in [2.05, 4.69) is 10.3 Å². The second kappa shape index (κ2) is 8.50. The van der Waals surface area contributed by atoms with Gasteiger partial charge in [-0.25, -0.2) is 4.79 Å². The number of esters is 1. The third-order valence-electron chi connectivity index (χ3n) is 3.09. The number of oxazole rings is 1. The van der Waals surface area contributed by atoms with Crippen molar-refractivity contribution in [2.24, 2.45) is 0 Å². The monoisotopic (exact) mass is 312 g/mol. The van der Waals surface area contributed by atoms with Gasteiger partial charge < -0.3 is 18.6 Å². The number of rotatable bonds is 7. The van der Waals surface area contributed by atoms with E-state index in [4.69, 9.17) is 18.6 Å². The number of ether oxygens (including phenoxy) is 3. The summed E-state index contributed by atoms with van der Waals surface area (Å²) in [7, 11) is 0. The Hall–Kier alpha value is -1.93. The smallest absolute Gasteiger partial charge is 0.360 e. The molecular formula is C14H20N2O6. The normalized spacial score (nSPS) is 15.5. The molecule has 8 nitrogen and oxygen atoms in total. The highest BCUT2D eigenvalue weighted by atomic mass is 16.5. The average molecular weight is 312 g/mol. The van der Waals surface area contributed by atoms with Gasteiger partial charge in [-0.15, -0.1) is 0 Å². The quantitative estimate of drug-likeness (QED) is 0.759. The van der Waals surface area contributed by atoms with Crippen LogP contribution in [-0.2, 0) is 19.0 Å². The van der Waals surface area contributed by atoms with Crippen molar-refractivity contribution >= 4 is 17.9 Å². The summed E-state index contributed by atoms with van der Waals surface area (Å²) < 4.78 is 20.6. The predicted molar refractivity (Wildman–Crippen MR) is 75.5 cm³/mol. The van der Waals surface area contributed by atoms with Crippen molar-refractivity contribution in [3.8, 4) is 0 Å². The fourth-order valence-electron chi connectivity index (χ4n) is 1.97. The Morgan fingerprint density at radius 2 is 2.18 bits per heavy atom. The molecule has 2 heterocycles. The second-order valence-corrected chi connectivity index (χ2v) is 4.74. The van der Waals surface area contributed by atoms with Gasteiger partial charge in [0.05, 0.1) is 25.7 Å². The number of hydrogen-bond donors (Lipinski definition) is 1. The average Bonchev–Trinajstić information content (AvgIpc) is 2.97. The van der Waals surface area contributed by atoms with E-state index in [1.54, 1.807) is 6.92 Å². The molecule has 0 aromatic carbocycles. The molecule has 2 rings (SSSR count). The molecule has 1 aromatic rings. The van der Waals surface area contributed by atoms with E-state index in [-0.39, 0.29) is 36.7 Å². The number of carbonyl (C=O) groups excluding carboxylic acids is 2. The Labute approximate surface area is 128 Å². The van der Waals surface area contributed by atoms with Crippen molar-refractivity contribution in [3.05, 3.63) is 12.0 Å². The van der Waals surface area contributed by atoms with Gasteiger partial charge in [-0.3, -0.25) is 10.1 Å². The number of aromatic nitrogens is 1. The summed E-state index contributed by atoms with van der Waals surface area (Å²) in [6.45, 7) is 3.66. The topological polar surface area (TPSA) is 99.9 Å². The molecule has 1 aliphatic heterocycles. The molecule has 0 radical (unpaired) electrons. The maximum atomic E-state index is 11.7. The standard InChI is InChI=1S/C14H20N2O6/c1-2-20-13(18)11-9-22-14(15-11)16-12(17)5-8-21-10-3-6-19-7-4-10/h9-10H,2-8H2,1H3,(H,15,16,17). The minimum absolute atomic E-state index is 0.0237. The molecule has 0 saturated carbocycles. The Bertz CT molecular complexity index is 495. The molecule has 0 unspecified atom stereocenters. The van der Waals surface area contributed by atoms with Crippen molar-refractivity contribution < 1.29 is 28.2 Å². The molecule has 1 fully saturated rings. The summed E-state index contributed by atoms with van der Waals surface area (Å²) in [5.74, 6) is -0.876. The molecule has 1 aromatic heterocycles. The van der Waals surface area contributed by atoms with Gasteiger partial charge in [-0.05, 0) is 19.8 Å². The zero-order chi connectivity index (χ0) is 15.8. The van der Waals surface area contributed by atoms with E-state index >= 15 is 0 Å². The van der Waals surface area contributed by atoms with Crippen molar-refractivity contribution in [1.82, 2.24) is 4.98 Å². The Morgan fingerprint density at radius 1 is 1.41 bits per heavy atom. The molecule has 0 bridgehead atoms. The summed E-state index contributed by atoms with van der Waals surface area (Å²) >= 11 is 0. The highest BCUT2D eigenvalue weighted by molar-refractivity contribution is 5.90. The van der Waals surface area contributed by atoms with Crippen molar-refractivity contribution in [1.29, 1.82) is 0 Å². The molecule has 0 atom stereocenters. The van der Waals surface area contributed by atoms with Gasteiger partial charge in [0.2, 0.25) is 5.91 Å². The first kappa shape index (κ1) is 16.4. The van der Waals surface area contributed by atoms with E-state index in [1.807, 2.05) is 0 Å². The van der Waals surface area contributed by atoms with E-state index in [9.17, 15) is 9.59 Å². The molecule has 1 aliphatic rings. The summed E-state index contributed by atoms with van der Waals surface area (Å²) in [5.41, 5.74) is 0.0237. The van der Waals surface area contributed by atoms with Crippen LogP contribution in [0.4, 0.5) is 6.01 Å². The summed E-state index contributed by atoms with van der Waals surface area (Å²) in [4.78, 5) is 27.0. The van der Waals surface area contributed by atoms with Gasteiger partial charge in [-0.1, -0.05) is 0 Å². The largest absolute Gasteiger partial charge is 0.461 e. The van der Waals surface area contributed by atoms with E-state index in [0.29, 0.717) is 19.8 Å². The van der Waals surface area contributed by atoms with Crippen LogP contribution in [0.25, 0.3) is 0 Å². The van der Waals surface area contributed by atoms with Crippen molar-refractivity contribution in [2.45, 2.75) is 32.3 Å². The maximum Gasteiger partial charge on any atom is 0.360 e. The first-order valence-corrected chi connectivity index (χ1v) is 7.31. The predicted octanol–water partition coefficient (Wildman–Crippen LogP) is 1.38. The first-order valence-electron chi connectivity index (χ1n) is 7.31. The lowest BCUT2D eigenvalue weighted by Gasteiger charge is -2.22. The van der Waals surface area contributed by atoms with E-state index in [1.165, 1.54) is 0 Å². The summed E-state index contributed by atoms with van der Waals surface area (Å²) in [5, 5.41) is 2.47. The summed E-state index contributed by atoms with van der Waals surface area (Å²) in [6.07, 6.45) is 3.19. The summed E-state index contributed by atoms with van der Waals surface area (Å²) in [6, 6.07) is -0.0286. The minimum atomic E-state index is -0.588. The van der Waals surface area contributed by atoms with E-state index < -0.39 is 5.97 Å². The van der Waals surface area contributed by atoms with Gasteiger partial charge in [-0.2, -0.15) is 4.98 Å². The molecule has 1 saturated heterocycles. The lowest BCUT2D eigenvalue weighted by molar-refractivity contribution is -0.118. The van der Waals surface area contributed by atoms with Crippen LogP contribution in [0, 0.1) is 0 Å². The highest BCUT2D eigenvalue weighted by Crippen LogP contribution is 2.12. The zero-order valence-electron chi connectivity index (χ0n) is 12.5. The van der Waals surface area contributed by atoms with Crippen molar-refractivity contribution in [2.75, 3.05) is 31.7 Å². The number of carbonyl (C=O) groups is 2. The number of nitrogens with one attached hydrogen (secondary N) is 1. The molecule has 0 aliphatic carbocycles. The van der Waals surface area contributed by atoms with Crippen LogP contribution in [0.5, 0.6) is 0 Å². The Balaban J connectivity index is 1.69. The first-order chi connectivity index (χ1) is 10.7. The fourth-order valence-corrected chi connectivity index (χ4v) is 1.97. The van der Waals surface area contributed by atoms with Crippen LogP contribution in [-0.4, -0.2) is 49.4 Å². The van der Waals surface area contributed by atoms with Gasteiger partial charge >= 0.3 is 12.0 Å². The third-order valence-corrected chi connectivity index (χ3v) is 3.09. The molecule has 8 heteroatoms. The Kier molecular flexibility index (Phi) is 6.35. The molecule has 1 amide bonds. The van der Waals surface area contributed by atoms with Crippen LogP contribution in [0.3, 0.4) is 0 Å². The Morgan fingerprint density at radius 3 is 2.91 bits per heavy atom. The zero-order valence-corrected chi connectivity index (χ0v) is 12.5. The van der Waals surface area contributed by atoms with Gasteiger partial charge in [0, 0.05) is 13.2 Å².